The lowest BCUT2D eigenvalue weighted by atomic mass is 9.93. The van der Waals surface area contributed by atoms with Crippen molar-refractivity contribution in [3.8, 4) is 0 Å². The van der Waals surface area contributed by atoms with Gasteiger partial charge in [0.1, 0.15) is 0 Å². The van der Waals surface area contributed by atoms with Crippen LogP contribution in [0.1, 0.15) is 33.1 Å². The lowest BCUT2D eigenvalue weighted by molar-refractivity contribution is 0.253. The molecule has 2 saturated heterocycles. The van der Waals surface area contributed by atoms with Gasteiger partial charge in [-0.3, -0.25) is 9.89 Å². The summed E-state index contributed by atoms with van der Waals surface area (Å²) in [6, 6.07) is 10.8. The second-order valence-corrected chi connectivity index (χ2v) is 8.68. The normalized spacial score (nSPS) is 20.9. The predicted molar refractivity (Wildman–Crippen MR) is 116 cm³/mol. The van der Waals surface area contributed by atoms with Crippen molar-refractivity contribution >= 4 is 11.6 Å². The molecular weight excluding hydrogens is 334 g/mol. The molecule has 5 heteroatoms. The van der Waals surface area contributed by atoms with Crippen LogP contribution in [0.3, 0.4) is 0 Å². The Morgan fingerprint density at radius 3 is 2.41 bits per heavy atom. The molecule has 0 unspecified atom stereocenters. The van der Waals surface area contributed by atoms with Crippen LogP contribution in [0.4, 0.5) is 5.69 Å². The van der Waals surface area contributed by atoms with E-state index in [1.54, 1.807) is 0 Å². The number of nitrogens with zero attached hydrogens (tertiary/aromatic N) is 4. The first-order valence-electron chi connectivity index (χ1n) is 10.6. The molecule has 0 saturated carbocycles. The van der Waals surface area contributed by atoms with Crippen LogP contribution in [0.2, 0.25) is 0 Å². The van der Waals surface area contributed by atoms with Crippen LogP contribution in [0.25, 0.3) is 0 Å². The maximum atomic E-state index is 4.48. The van der Waals surface area contributed by atoms with Crippen LogP contribution in [0.15, 0.2) is 35.3 Å². The number of likely N-dealkylation sites (tertiary alicyclic amines) is 1. The highest BCUT2D eigenvalue weighted by atomic mass is 15.3. The smallest absolute Gasteiger partial charge is 0.193 e. The van der Waals surface area contributed by atoms with Gasteiger partial charge in [0.2, 0.25) is 0 Å². The van der Waals surface area contributed by atoms with Crippen molar-refractivity contribution in [1.82, 2.24) is 15.1 Å². The van der Waals surface area contributed by atoms with Crippen molar-refractivity contribution in [3.63, 3.8) is 0 Å². The van der Waals surface area contributed by atoms with Crippen LogP contribution in [-0.2, 0) is 0 Å². The van der Waals surface area contributed by atoms with Crippen LogP contribution in [0, 0.1) is 5.41 Å². The summed E-state index contributed by atoms with van der Waals surface area (Å²) in [6.07, 6.45) is 3.71. The Kier molecular flexibility index (Phi) is 7.00. The van der Waals surface area contributed by atoms with Gasteiger partial charge in [-0.15, -0.1) is 0 Å². The Balaban J connectivity index is 1.29. The fourth-order valence-electron chi connectivity index (χ4n) is 4.15. The Hall–Kier alpha value is -1.75. The van der Waals surface area contributed by atoms with E-state index in [0.717, 1.165) is 38.7 Å². The first-order chi connectivity index (χ1) is 13.1. The molecule has 0 atom stereocenters. The van der Waals surface area contributed by atoms with Crippen molar-refractivity contribution < 1.29 is 0 Å². The summed E-state index contributed by atoms with van der Waals surface area (Å²) in [5.41, 5.74) is 1.78. The molecule has 5 nitrogen and oxygen atoms in total. The second-order valence-electron chi connectivity index (χ2n) is 8.68. The Morgan fingerprint density at radius 1 is 1.04 bits per heavy atom. The second kappa shape index (κ2) is 9.45. The van der Waals surface area contributed by atoms with Gasteiger partial charge in [0.15, 0.2) is 5.96 Å². The topological polar surface area (TPSA) is 34.1 Å². The van der Waals surface area contributed by atoms with Crippen LogP contribution in [-0.4, -0.2) is 75.2 Å². The number of hydrogen-bond acceptors (Lipinski definition) is 3. The minimum absolute atomic E-state index is 0.416. The van der Waals surface area contributed by atoms with Gasteiger partial charge < -0.3 is 15.1 Å². The standard InChI is InChI=1S/C22H37N5/c1-22(2)11-14-27(19-22)21(23-3)24-12-7-8-13-25-15-17-26(18-16-25)20-9-5-4-6-10-20/h4-6,9-10H,7-8,11-19H2,1-3H3,(H,23,24). The zero-order valence-electron chi connectivity index (χ0n) is 17.5. The number of benzene rings is 1. The third kappa shape index (κ3) is 5.86. The molecule has 0 radical (unpaired) electrons. The molecule has 0 aromatic heterocycles. The first-order valence-corrected chi connectivity index (χ1v) is 10.6. The molecule has 2 aliphatic heterocycles. The molecular formula is C22H37N5. The molecule has 2 fully saturated rings. The van der Waals surface area contributed by atoms with Gasteiger partial charge in [0.25, 0.3) is 0 Å². The molecule has 150 valence electrons. The number of unbranched alkanes of at least 4 members (excludes halogenated alkanes) is 1. The first kappa shape index (κ1) is 20.0. The van der Waals surface area contributed by atoms with Gasteiger partial charge in [-0.2, -0.15) is 0 Å². The quantitative estimate of drug-likeness (QED) is 0.474. The monoisotopic (exact) mass is 371 g/mol. The van der Waals surface area contributed by atoms with Gasteiger partial charge in [-0.05, 0) is 43.4 Å². The van der Waals surface area contributed by atoms with Crippen LogP contribution >= 0.6 is 0 Å². The lowest BCUT2D eigenvalue weighted by Crippen LogP contribution is -2.46. The molecule has 2 aliphatic rings. The van der Waals surface area contributed by atoms with Gasteiger partial charge in [-0.25, -0.2) is 0 Å². The molecule has 1 aromatic rings. The molecule has 0 amide bonds. The van der Waals surface area contributed by atoms with E-state index in [1.807, 2.05) is 7.05 Å². The molecule has 0 bridgehead atoms. The highest BCUT2D eigenvalue weighted by Crippen LogP contribution is 2.28. The minimum Gasteiger partial charge on any atom is -0.369 e. The van der Waals surface area contributed by atoms with E-state index in [9.17, 15) is 0 Å². The third-order valence-electron chi connectivity index (χ3n) is 5.87. The summed E-state index contributed by atoms with van der Waals surface area (Å²) in [5, 5.41) is 3.56. The van der Waals surface area contributed by atoms with Gasteiger partial charge in [-0.1, -0.05) is 32.0 Å². The fraction of sp³-hybridized carbons (Fsp3) is 0.682. The summed E-state index contributed by atoms with van der Waals surface area (Å²) < 4.78 is 0. The largest absolute Gasteiger partial charge is 0.369 e. The van der Waals surface area contributed by atoms with Crippen molar-refractivity contribution in [3.05, 3.63) is 30.3 Å². The summed E-state index contributed by atoms with van der Waals surface area (Å²) in [4.78, 5) is 12.0. The number of nitrogens with one attached hydrogen (secondary N) is 1. The van der Waals surface area contributed by atoms with Gasteiger partial charge in [0, 0.05) is 58.5 Å². The number of aliphatic imine (C=N–C) groups is 1. The Morgan fingerprint density at radius 2 is 1.78 bits per heavy atom. The van der Waals surface area contributed by atoms with Crippen molar-refractivity contribution in [2.45, 2.75) is 33.1 Å². The van der Waals surface area contributed by atoms with Crippen LogP contribution in [0.5, 0.6) is 0 Å². The lowest BCUT2D eigenvalue weighted by Gasteiger charge is -2.36. The molecule has 3 rings (SSSR count). The number of anilines is 1. The summed E-state index contributed by atoms with van der Waals surface area (Å²) in [7, 11) is 1.90. The highest BCUT2D eigenvalue weighted by molar-refractivity contribution is 5.80. The number of piperazine rings is 1. The van der Waals surface area contributed by atoms with E-state index >= 15 is 0 Å². The van der Waals surface area contributed by atoms with E-state index in [-0.39, 0.29) is 0 Å². The number of hydrogen-bond donors (Lipinski definition) is 1. The van der Waals surface area contributed by atoms with Crippen molar-refractivity contribution in [2.24, 2.45) is 10.4 Å². The average Bonchev–Trinajstić information content (AvgIpc) is 3.05. The van der Waals surface area contributed by atoms with Crippen LogP contribution < -0.4 is 10.2 Å². The van der Waals surface area contributed by atoms with E-state index in [0.29, 0.717) is 5.41 Å². The summed E-state index contributed by atoms with van der Waals surface area (Å²) in [5.74, 6) is 1.08. The number of rotatable bonds is 6. The predicted octanol–water partition coefficient (Wildman–Crippen LogP) is 2.90. The Labute approximate surface area is 165 Å². The molecule has 0 aliphatic carbocycles. The fourth-order valence-corrected chi connectivity index (χ4v) is 4.15. The van der Waals surface area contributed by atoms with Crippen molar-refractivity contribution in [2.75, 3.05) is 64.3 Å². The zero-order chi connectivity index (χ0) is 19.1. The zero-order valence-corrected chi connectivity index (χ0v) is 17.5. The summed E-state index contributed by atoms with van der Waals surface area (Å²) in [6.45, 7) is 13.8. The van der Waals surface area contributed by atoms with E-state index in [4.69, 9.17) is 0 Å². The average molecular weight is 372 g/mol. The Bertz CT molecular complexity index is 590. The van der Waals surface area contributed by atoms with E-state index in [1.165, 1.54) is 44.6 Å². The molecule has 1 N–H and O–H groups in total. The van der Waals surface area contributed by atoms with Crippen molar-refractivity contribution in [1.29, 1.82) is 0 Å². The maximum Gasteiger partial charge on any atom is 0.193 e. The van der Waals surface area contributed by atoms with Gasteiger partial charge in [0.05, 0.1) is 0 Å². The SMILES string of the molecule is CN=C(NCCCCN1CCN(c2ccccc2)CC1)N1CCC(C)(C)C1. The summed E-state index contributed by atoms with van der Waals surface area (Å²) >= 11 is 0. The molecule has 0 spiro atoms. The maximum absolute atomic E-state index is 4.48. The van der Waals surface area contributed by atoms with Gasteiger partial charge >= 0.3 is 0 Å². The van der Waals surface area contributed by atoms with E-state index in [2.05, 4.69) is 69.2 Å². The van der Waals surface area contributed by atoms with E-state index < -0.39 is 0 Å². The number of guanidine groups is 1. The molecule has 27 heavy (non-hydrogen) atoms. The molecule has 2 heterocycles. The number of para-hydroxylation sites is 1. The highest BCUT2D eigenvalue weighted by Gasteiger charge is 2.30. The molecule has 1 aromatic carbocycles. The minimum atomic E-state index is 0.416. The third-order valence-corrected chi connectivity index (χ3v) is 5.87.